The van der Waals surface area contributed by atoms with Crippen molar-refractivity contribution in [1.29, 1.82) is 0 Å². The van der Waals surface area contributed by atoms with Crippen LogP contribution in [0.25, 0.3) is 0 Å². The first-order valence-corrected chi connectivity index (χ1v) is 9.21. The summed E-state index contributed by atoms with van der Waals surface area (Å²) < 4.78 is 10.1. The van der Waals surface area contributed by atoms with Crippen LogP contribution in [0.3, 0.4) is 0 Å². The first-order valence-electron chi connectivity index (χ1n) is 9.21. The molecule has 7 nitrogen and oxygen atoms in total. The molecule has 0 saturated heterocycles. The Hall–Kier alpha value is -2.41. The zero-order valence-corrected chi connectivity index (χ0v) is 16.6. The number of ether oxygens (including phenoxy) is 2. The number of carbonyl (C=O) groups is 3. The van der Waals surface area contributed by atoms with Gasteiger partial charge in [0.1, 0.15) is 0 Å². The highest BCUT2D eigenvalue weighted by Gasteiger charge is 2.49. The third-order valence-electron chi connectivity index (χ3n) is 4.02. The van der Waals surface area contributed by atoms with E-state index in [1.54, 1.807) is 13.8 Å². The van der Waals surface area contributed by atoms with Crippen LogP contribution in [0, 0.1) is 0 Å². The first-order chi connectivity index (χ1) is 12.9. The molecule has 1 aromatic rings. The van der Waals surface area contributed by atoms with Crippen molar-refractivity contribution in [2.24, 2.45) is 0 Å². The minimum atomic E-state index is -1.81. The van der Waals surface area contributed by atoms with Crippen LogP contribution in [-0.4, -0.2) is 55.1 Å². The van der Waals surface area contributed by atoms with E-state index in [4.69, 9.17) is 9.47 Å². The van der Waals surface area contributed by atoms with Crippen LogP contribution in [0.15, 0.2) is 30.3 Å². The molecular weight excluding hydrogens is 348 g/mol. The summed E-state index contributed by atoms with van der Waals surface area (Å²) in [4.78, 5) is 38.8. The van der Waals surface area contributed by atoms with Crippen LogP contribution in [0.4, 0.5) is 0 Å². The second kappa shape index (κ2) is 11.3. The summed E-state index contributed by atoms with van der Waals surface area (Å²) >= 11 is 0. The van der Waals surface area contributed by atoms with Crippen molar-refractivity contribution in [3.05, 3.63) is 35.9 Å². The van der Waals surface area contributed by atoms with E-state index < -0.39 is 23.4 Å². The maximum absolute atomic E-state index is 12.5. The number of amides is 1. The van der Waals surface area contributed by atoms with Crippen molar-refractivity contribution < 1.29 is 23.9 Å². The molecule has 0 radical (unpaired) electrons. The van der Waals surface area contributed by atoms with E-state index >= 15 is 0 Å². The fraction of sp³-hybridized carbons (Fsp3) is 0.550. The van der Waals surface area contributed by atoms with Crippen molar-refractivity contribution in [3.63, 3.8) is 0 Å². The van der Waals surface area contributed by atoms with Crippen LogP contribution < -0.4 is 5.32 Å². The lowest BCUT2D eigenvalue weighted by molar-refractivity contribution is -0.168. The Balaban J connectivity index is 2.83. The van der Waals surface area contributed by atoms with Crippen LogP contribution in [0.2, 0.25) is 0 Å². The van der Waals surface area contributed by atoms with Crippen LogP contribution >= 0.6 is 0 Å². The maximum atomic E-state index is 12.5. The Morgan fingerprint density at radius 2 is 1.59 bits per heavy atom. The molecule has 0 heterocycles. The topological polar surface area (TPSA) is 84.9 Å². The molecule has 1 rings (SSSR count). The zero-order chi connectivity index (χ0) is 20.3. The lowest BCUT2D eigenvalue weighted by Gasteiger charge is -2.30. The average Bonchev–Trinajstić information content (AvgIpc) is 2.61. The van der Waals surface area contributed by atoms with Crippen molar-refractivity contribution >= 4 is 17.8 Å². The maximum Gasteiger partial charge on any atom is 0.343 e. The van der Waals surface area contributed by atoms with Gasteiger partial charge in [0.2, 0.25) is 11.4 Å². The molecule has 0 aliphatic heterocycles. The molecule has 0 bridgehead atoms. The number of rotatable bonds is 11. The normalized spacial score (nSPS) is 11.1. The standard InChI is InChI=1S/C20H30N2O5/c1-5-26-18(24)20(21-16(3)23,19(25)27-6-2)13-10-14-22(4)15-17-11-8-7-9-12-17/h7-9,11-12H,5-6,10,13-15H2,1-4H3,(H,21,23). The van der Waals surface area contributed by atoms with Gasteiger partial charge in [0.05, 0.1) is 13.2 Å². The fourth-order valence-corrected chi connectivity index (χ4v) is 2.85. The average molecular weight is 378 g/mol. The molecule has 7 heteroatoms. The van der Waals surface area contributed by atoms with Gasteiger partial charge in [0.25, 0.3) is 0 Å². The number of esters is 2. The molecule has 0 atom stereocenters. The van der Waals surface area contributed by atoms with Gasteiger partial charge in [-0.2, -0.15) is 0 Å². The monoisotopic (exact) mass is 378 g/mol. The van der Waals surface area contributed by atoms with Gasteiger partial charge in [-0.3, -0.25) is 4.79 Å². The van der Waals surface area contributed by atoms with E-state index in [2.05, 4.69) is 10.2 Å². The highest BCUT2D eigenvalue weighted by atomic mass is 16.6. The fourth-order valence-electron chi connectivity index (χ4n) is 2.85. The predicted octanol–water partition coefficient (Wildman–Crippen LogP) is 1.90. The Bertz CT molecular complexity index is 600. The minimum Gasteiger partial charge on any atom is -0.464 e. The van der Waals surface area contributed by atoms with Gasteiger partial charge in [0.15, 0.2) is 0 Å². The quantitative estimate of drug-likeness (QED) is 0.468. The van der Waals surface area contributed by atoms with E-state index in [-0.39, 0.29) is 19.6 Å². The molecule has 1 N–H and O–H groups in total. The minimum absolute atomic E-state index is 0.101. The summed E-state index contributed by atoms with van der Waals surface area (Å²) in [5.74, 6) is -2.07. The van der Waals surface area contributed by atoms with Gasteiger partial charge in [-0.15, -0.1) is 0 Å². The Labute approximate surface area is 161 Å². The molecule has 0 aliphatic rings. The number of hydrogen-bond acceptors (Lipinski definition) is 6. The molecule has 0 saturated carbocycles. The lowest BCUT2D eigenvalue weighted by atomic mass is 9.92. The summed E-state index contributed by atoms with van der Waals surface area (Å²) in [5.41, 5.74) is -0.644. The number of hydrogen-bond donors (Lipinski definition) is 1. The van der Waals surface area contributed by atoms with Crippen LogP contribution in [0.1, 0.15) is 39.2 Å². The Morgan fingerprint density at radius 1 is 1.04 bits per heavy atom. The summed E-state index contributed by atoms with van der Waals surface area (Å²) in [6.45, 7) is 6.14. The summed E-state index contributed by atoms with van der Waals surface area (Å²) in [6, 6.07) is 9.99. The van der Waals surface area contributed by atoms with Gasteiger partial charge >= 0.3 is 11.9 Å². The largest absolute Gasteiger partial charge is 0.464 e. The van der Waals surface area contributed by atoms with Crippen LogP contribution in [0.5, 0.6) is 0 Å². The number of benzene rings is 1. The Morgan fingerprint density at radius 3 is 2.07 bits per heavy atom. The molecule has 0 spiro atoms. The molecular formula is C20H30N2O5. The summed E-state index contributed by atoms with van der Waals surface area (Å²) in [5, 5.41) is 2.48. The second-order valence-corrected chi connectivity index (χ2v) is 6.35. The lowest BCUT2D eigenvalue weighted by Crippen LogP contribution is -2.61. The van der Waals surface area contributed by atoms with Gasteiger partial charge in [0, 0.05) is 13.5 Å². The summed E-state index contributed by atoms with van der Waals surface area (Å²) in [6.07, 6.45) is 0.602. The van der Waals surface area contributed by atoms with Gasteiger partial charge in [-0.25, -0.2) is 9.59 Å². The Kier molecular flexibility index (Phi) is 9.50. The number of nitrogens with one attached hydrogen (secondary N) is 1. The number of carbonyl (C=O) groups excluding carboxylic acids is 3. The van der Waals surface area contributed by atoms with Gasteiger partial charge < -0.3 is 19.7 Å². The SMILES string of the molecule is CCOC(=O)C(CCCN(C)Cc1ccccc1)(NC(C)=O)C(=O)OCC. The third kappa shape index (κ3) is 7.02. The summed E-state index contributed by atoms with van der Waals surface area (Å²) in [7, 11) is 1.96. The zero-order valence-electron chi connectivity index (χ0n) is 16.6. The van der Waals surface area contributed by atoms with E-state index in [0.29, 0.717) is 13.0 Å². The molecule has 27 heavy (non-hydrogen) atoms. The van der Waals surface area contributed by atoms with E-state index in [9.17, 15) is 14.4 Å². The van der Waals surface area contributed by atoms with Crippen molar-refractivity contribution in [2.45, 2.75) is 45.7 Å². The third-order valence-corrected chi connectivity index (χ3v) is 4.02. The van der Waals surface area contributed by atoms with Gasteiger partial charge in [-0.05, 0) is 45.8 Å². The highest BCUT2D eigenvalue weighted by molar-refractivity contribution is 6.07. The van der Waals surface area contributed by atoms with E-state index in [1.165, 1.54) is 12.5 Å². The predicted molar refractivity (Wildman–Crippen MR) is 102 cm³/mol. The highest BCUT2D eigenvalue weighted by Crippen LogP contribution is 2.19. The molecule has 1 aromatic carbocycles. The molecule has 0 aromatic heterocycles. The van der Waals surface area contributed by atoms with Crippen molar-refractivity contribution in [1.82, 2.24) is 10.2 Å². The molecule has 150 valence electrons. The molecule has 1 amide bonds. The van der Waals surface area contributed by atoms with E-state index in [1.807, 2.05) is 37.4 Å². The van der Waals surface area contributed by atoms with Gasteiger partial charge in [-0.1, -0.05) is 30.3 Å². The van der Waals surface area contributed by atoms with Crippen LogP contribution in [-0.2, 0) is 30.4 Å². The molecule has 0 fully saturated rings. The smallest absolute Gasteiger partial charge is 0.343 e. The van der Waals surface area contributed by atoms with Crippen molar-refractivity contribution in [3.8, 4) is 0 Å². The molecule has 0 aliphatic carbocycles. The number of nitrogens with zero attached hydrogens (tertiary/aromatic N) is 1. The first kappa shape index (κ1) is 22.6. The van der Waals surface area contributed by atoms with Crippen molar-refractivity contribution in [2.75, 3.05) is 26.8 Å². The second-order valence-electron chi connectivity index (χ2n) is 6.35. The van der Waals surface area contributed by atoms with E-state index in [0.717, 1.165) is 6.54 Å². The molecule has 0 unspecified atom stereocenters.